The Morgan fingerprint density at radius 2 is 1.09 bits per heavy atom. The van der Waals surface area contributed by atoms with Crippen LogP contribution in [0.4, 0.5) is 0 Å². The predicted octanol–water partition coefficient (Wildman–Crippen LogP) is -2.32. The molecule has 7 heteroatoms. The molecule has 0 aromatic carbocycles. The Labute approximate surface area is 65.8 Å². The Balaban J connectivity index is -0.000000107. The van der Waals surface area contributed by atoms with Crippen molar-refractivity contribution in [2.75, 3.05) is 13.1 Å². The average molecular weight is 161 g/mol. The number of carbonyl (C=O) groups is 2. The molecule has 0 aliphatic heterocycles. The lowest BCUT2D eigenvalue weighted by atomic mass is 10.7. The molecule has 0 aliphatic carbocycles. The van der Waals surface area contributed by atoms with Gasteiger partial charge in [-0.3, -0.25) is 9.59 Å². The van der Waals surface area contributed by atoms with Crippen LogP contribution < -0.4 is 11.5 Å². The van der Waals surface area contributed by atoms with Crippen LogP contribution in [0.1, 0.15) is 0 Å². The van der Waals surface area contributed by atoms with Crippen LogP contribution in [-0.2, 0) is 9.59 Å². The highest BCUT2D eigenvalue weighted by molar-refractivity contribution is 5.75. The van der Waals surface area contributed by atoms with Crippen LogP contribution in [0, 0.1) is 0 Å². The summed E-state index contributed by atoms with van der Waals surface area (Å²) in [6.07, 6.45) is 0. The van der Waals surface area contributed by atoms with Gasteiger partial charge in [0.05, 0.1) is 13.1 Å². The molecule has 0 aromatic heterocycles. The van der Waals surface area contributed by atoms with Crippen LogP contribution in [0.5, 0.6) is 0 Å². The number of hydrogen-bond donors (Lipinski definition) is 4. The van der Waals surface area contributed by atoms with E-state index in [4.69, 9.17) is 10.2 Å². The van der Waals surface area contributed by atoms with Crippen LogP contribution in [-0.4, -0.2) is 43.7 Å². The number of aliphatic carboxylic acids is 2. The predicted molar refractivity (Wildman–Crippen MR) is 39.1 cm³/mol. The smallest absolute Gasteiger partial charge is 0.317 e. The summed E-state index contributed by atoms with van der Waals surface area (Å²) in [7, 11) is 0. The zero-order chi connectivity index (χ0) is 8.57. The Kier molecular flexibility index (Phi) is 17.5. The lowest BCUT2D eigenvalue weighted by molar-refractivity contribution is -0.136. The summed E-state index contributed by atoms with van der Waals surface area (Å²) in [6.45, 7) is -0.556. The van der Waals surface area contributed by atoms with Gasteiger partial charge in [0.1, 0.15) is 0 Å². The molecule has 63 valence electrons. The fourth-order valence-electron chi connectivity index (χ4n) is 0. The Hall–Kier alpha value is -1.08. The molecule has 0 heterocycles. The highest BCUT2D eigenvalue weighted by Crippen LogP contribution is 1.44. The third-order valence-electron chi connectivity index (χ3n) is 0.349. The molecule has 0 spiro atoms. The summed E-state index contributed by atoms with van der Waals surface area (Å²) >= 11 is 0. The number of rotatable bonds is 2. The van der Waals surface area contributed by atoms with Gasteiger partial charge in [-0.1, -0.05) is 0 Å². The van der Waals surface area contributed by atoms with Crippen molar-refractivity contribution < 1.29 is 19.8 Å². The fourth-order valence-corrected chi connectivity index (χ4v) is 0. The summed E-state index contributed by atoms with van der Waals surface area (Å²) in [4.78, 5) is 18.5. The minimum atomic E-state index is -0.968. The topological polar surface area (TPSA) is 127 Å². The van der Waals surface area contributed by atoms with Crippen LogP contribution in [0.15, 0.2) is 0 Å². The van der Waals surface area contributed by atoms with Crippen molar-refractivity contribution in [3.63, 3.8) is 0 Å². The molecule has 0 aromatic rings. The molecule has 11 heavy (non-hydrogen) atoms. The molecule has 0 fully saturated rings. The van der Waals surface area contributed by atoms with E-state index < -0.39 is 11.9 Å². The lowest BCUT2D eigenvalue weighted by Crippen LogP contribution is -2.10. The summed E-state index contributed by atoms with van der Waals surface area (Å²) in [6, 6.07) is 0. The molecule has 0 unspecified atom stereocenters. The van der Waals surface area contributed by atoms with Crippen LogP contribution >= 0.6 is 0 Å². The molecule has 0 bridgehead atoms. The van der Waals surface area contributed by atoms with Gasteiger partial charge in [0.2, 0.25) is 0 Å². The Morgan fingerprint density at radius 3 is 1.09 bits per heavy atom. The van der Waals surface area contributed by atoms with Gasteiger partial charge >= 0.3 is 11.9 Å². The molecule has 3 radical (unpaired) electrons. The number of carboxylic acid groups (broad SMARTS) is 2. The molecule has 6 N–H and O–H groups in total. The number of nitrogens with two attached hydrogens (primary N) is 2. The molecule has 6 nitrogen and oxygen atoms in total. The fraction of sp³-hybridized carbons (Fsp3) is 0.500. The number of hydrogen-bond acceptors (Lipinski definition) is 4. The van der Waals surface area contributed by atoms with Crippen LogP contribution in [0.2, 0.25) is 0 Å². The van der Waals surface area contributed by atoms with Crippen molar-refractivity contribution in [3.8, 4) is 0 Å². The van der Waals surface area contributed by atoms with Gasteiger partial charge in [-0.15, -0.1) is 0 Å². The summed E-state index contributed by atoms with van der Waals surface area (Å²) < 4.78 is 0. The SMILES string of the molecule is NCC(=O)O.NCC(=O)O.[B]. The van der Waals surface area contributed by atoms with E-state index in [1.807, 2.05) is 0 Å². The third kappa shape index (κ3) is 50.0. The van der Waals surface area contributed by atoms with Crippen molar-refractivity contribution in [2.24, 2.45) is 11.5 Å². The molecule has 0 rings (SSSR count). The van der Waals surface area contributed by atoms with E-state index in [2.05, 4.69) is 11.5 Å². The number of carboxylic acids is 2. The molecule has 0 aliphatic rings. The van der Waals surface area contributed by atoms with Gasteiger partial charge in [0, 0.05) is 8.41 Å². The van der Waals surface area contributed by atoms with E-state index in [-0.39, 0.29) is 21.5 Å². The second-order valence-corrected chi connectivity index (χ2v) is 1.20. The van der Waals surface area contributed by atoms with E-state index in [0.717, 1.165) is 0 Å². The second kappa shape index (κ2) is 11.7. The van der Waals surface area contributed by atoms with Crippen LogP contribution in [0.3, 0.4) is 0 Å². The van der Waals surface area contributed by atoms with Crippen molar-refractivity contribution in [2.45, 2.75) is 0 Å². The van der Waals surface area contributed by atoms with Gasteiger partial charge in [0.25, 0.3) is 0 Å². The average Bonchev–Trinajstić information content (AvgIpc) is 1.89. The quantitative estimate of drug-likeness (QED) is 0.336. The van der Waals surface area contributed by atoms with Gasteiger partial charge in [-0.25, -0.2) is 0 Å². The van der Waals surface area contributed by atoms with Crippen LogP contribution in [0.25, 0.3) is 0 Å². The maximum Gasteiger partial charge on any atom is 0.317 e. The first kappa shape index (κ1) is 16.5. The van der Waals surface area contributed by atoms with E-state index in [1.54, 1.807) is 0 Å². The van der Waals surface area contributed by atoms with Gasteiger partial charge in [0.15, 0.2) is 0 Å². The van der Waals surface area contributed by atoms with Crippen molar-refractivity contribution in [1.29, 1.82) is 0 Å². The van der Waals surface area contributed by atoms with Gasteiger partial charge < -0.3 is 21.7 Å². The first-order valence-electron chi connectivity index (χ1n) is 2.38. The van der Waals surface area contributed by atoms with E-state index in [9.17, 15) is 9.59 Å². The maximum atomic E-state index is 9.24. The van der Waals surface area contributed by atoms with Crippen molar-refractivity contribution in [3.05, 3.63) is 0 Å². The van der Waals surface area contributed by atoms with Crippen molar-refractivity contribution >= 4 is 20.4 Å². The first-order valence-corrected chi connectivity index (χ1v) is 2.38. The molecule has 0 saturated heterocycles. The van der Waals surface area contributed by atoms with E-state index in [0.29, 0.717) is 0 Å². The molecule has 0 atom stereocenters. The summed E-state index contributed by atoms with van der Waals surface area (Å²) in [5.74, 6) is -1.94. The van der Waals surface area contributed by atoms with Crippen molar-refractivity contribution in [1.82, 2.24) is 0 Å². The Bertz CT molecular complexity index is 105. The highest BCUT2D eigenvalue weighted by atomic mass is 16.4. The summed E-state index contributed by atoms with van der Waals surface area (Å²) in [5, 5.41) is 15.2. The minimum absolute atomic E-state index is 0. The monoisotopic (exact) mass is 161 g/mol. The van der Waals surface area contributed by atoms with E-state index in [1.165, 1.54) is 0 Å². The highest BCUT2D eigenvalue weighted by Gasteiger charge is 1.81. The molecular weight excluding hydrogens is 151 g/mol. The van der Waals surface area contributed by atoms with Gasteiger partial charge in [-0.05, 0) is 0 Å². The van der Waals surface area contributed by atoms with E-state index >= 15 is 0 Å². The Morgan fingerprint density at radius 1 is 1.00 bits per heavy atom. The largest absolute Gasteiger partial charge is 0.480 e. The van der Waals surface area contributed by atoms with Gasteiger partial charge in [-0.2, -0.15) is 0 Å². The molecular formula is C4H10BN2O4. The zero-order valence-electron chi connectivity index (χ0n) is 5.86. The minimum Gasteiger partial charge on any atom is -0.480 e. The molecule has 0 saturated carbocycles. The standard InChI is InChI=1S/2C2H5NO2.B/c2*3-1-2(4)5;/h2*1,3H2,(H,4,5);. The lowest BCUT2D eigenvalue weighted by Gasteiger charge is -1.73. The summed E-state index contributed by atoms with van der Waals surface area (Å²) in [5.41, 5.74) is 9.14. The molecule has 0 amide bonds. The maximum absolute atomic E-state index is 9.24. The first-order chi connectivity index (χ1) is 4.54. The second-order valence-electron chi connectivity index (χ2n) is 1.20. The zero-order valence-corrected chi connectivity index (χ0v) is 5.86. The third-order valence-corrected chi connectivity index (χ3v) is 0.349. The normalized spacial score (nSPS) is 6.73.